The number of piperazine rings is 1. The second-order valence-electron chi connectivity index (χ2n) is 8.97. The fourth-order valence-electron chi connectivity index (χ4n) is 4.24. The minimum atomic E-state index is -0.0710. The fourth-order valence-corrected chi connectivity index (χ4v) is 4.24. The molecule has 4 rings (SSSR count). The van der Waals surface area contributed by atoms with Crippen LogP contribution in [0.3, 0.4) is 0 Å². The zero-order chi connectivity index (χ0) is 24.8. The number of aryl methyl sites for hydroxylation is 1. The van der Waals surface area contributed by atoms with Crippen LogP contribution >= 0.6 is 0 Å². The molecule has 0 atom stereocenters. The van der Waals surface area contributed by atoms with E-state index in [1.54, 1.807) is 16.7 Å². The molecule has 3 aromatic carbocycles. The van der Waals surface area contributed by atoms with E-state index in [0.717, 1.165) is 16.8 Å². The van der Waals surface area contributed by atoms with E-state index in [0.29, 0.717) is 44.7 Å². The summed E-state index contributed by atoms with van der Waals surface area (Å²) in [7, 11) is 0. The SMILES string of the molecule is CC(=O)N1CCN(C(=O)Cc2ccc(N(Cc3ccc(C)cc3)C(=O)c3ccccc3)cc2)CC1. The maximum atomic E-state index is 13.4. The molecule has 3 aromatic rings. The minimum Gasteiger partial charge on any atom is -0.339 e. The first kappa shape index (κ1) is 24.2. The lowest BCUT2D eigenvalue weighted by Crippen LogP contribution is -2.50. The highest BCUT2D eigenvalue weighted by molar-refractivity contribution is 6.06. The Hall–Kier alpha value is -3.93. The van der Waals surface area contributed by atoms with Crippen molar-refractivity contribution in [2.24, 2.45) is 0 Å². The zero-order valence-corrected chi connectivity index (χ0v) is 20.3. The third kappa shape index (κ3) is 6.15. The first-order valence-corrected chi connectivity index (χ1v) is 12.0. The molecule has 6 heteroatoms. The lowest BCUT2D eigenvalue weighted by molar-refractivity contribution is -0.138. The highest BCUT2D eigenvalue weighted by atomic mass is 16.2. The normalized spacial score (nSPS) is 13.4. The van der Waals surface area contributed by atoms with Crippen molar-refractivity contribution in [3.63, 3.8) is 0 Å². The van der Waals surface area contributed by atoms with Crippen LogP contribution in [-0.4, -0.2) is 53.7 Å². The number of hydrogen-bond acceptors (Lipinski definition) is 3. The molecular formula is C29H31N3O3. The topological polar surface area (TPSA) is 60.9 Å². The van der Waals surface area contributed by atoms with E-state index in [9.17, 15) is 14.4 Å². The summed E-state index contributed by atoms with van der Waals surface area (Å²) < 4.78 is 0. The summed E-state index contributed by atoms with van der Waals surface area (Å²) >= 11 is 0. The van der Waals surface area contributed by atoms with Gasteiger partial charge < -0.3 is 14.7 Å². The van der Waals surface area contributed by atoms with E-state index in [1.165, 1.54) is 5.56 Å². The van der Waals surface area contributed by atoms with Crippen LogP contribution in [0.4, 0.5) is 5.69 Å². The summed E-state index contributed by atoms with van der Waals surface area (Å²) in [5.41, 5.74) is 4.53. The van der Waals surface area contributed by atoms with Gasteiger partial charge in [0, 0.05) is 44.4 Å². The van der Waals surface area contributed by atoms with E-state index >= 15 is 0 Å². The van der Waals surface area contributed by atoms with Crippen molar-refractivity contribution in [2.45, 2.75) is 26.8 Å². The monoisotopic (exact) mass is 469 g/mol. The van der Waals surface area contributed by atoms with Crippen LogP contribution in [0.2, 0.25) is 0 Å². The van der Waals surface area contributed by atoms with Crippen molar-refractivity contribution < 1.29 is 14.4 Å². The standard InChI is InChI=1S/C29H31N3O3/c1-22-8-10-25(11-9-22)21-32(29(35)26-6-4-3-5-7-26)27-14-12-24(13-15-27)20-28(34)31-18-16-30(17-19-31)23(2)33/h3-15H,16-21H2,1-2H3. The number of carbonyl (C=O) groups excluding carboxylic acids is 3. The summed E-state index contributed by atoms with van der Waals surface area (Å²) in [5.74, 6) is 0.0316. The Labute approximate surface area is 206 Å². The van der Waals surface area contributed by atoms with Crippen LogP contribution in [0.15, 0.2) is 78.9 Å². The van der Waals surface area contributed by atoms with Gasteiger partial charge in [0.1, 0.15) is 0 Å². The van der Waals surface area contributed by atoms with Crippen molar-refractivity contribution in [2.75, 3.05) is 31.1 Å². The van der Waals surface area contributed by atoms with Gasteiger partial charge in [0.2, 0.25) is 11.8 Å². The van der Waals surface area contributed by atoms with Crippen LogP contribution < -0.4 is 4.90 Å². The molecule has 6 nitrogen and oxygen atoms in total. The van der Waals surface area contributed by atoms with Crippen molar-refractivity contribution >= 4 is 23.4 Å². The first-order valence-electron chi connectivity index (χ1n) is 12.0. The number of anilines is 1. The maximum Gasteiger partial charge on any atom is 0.258 e. The largest absolute Gasteiger partial charge is 0.339 e. The molecule has 0 radical (unpaired) electrons. The summed E-state index contributed by atoms with van der Waals surface area (Å²) in [6, 6.07) is 25.1. The van der Waals surface area contributed by atoms with Gasteiger partial charge in [0.25, 0.3) is 5.91 Å². The van der Waals surface area contributed by atoms with E-state index in [-0.39, 0.29) is 17.7 Å². The Morgan fingerprint density at radius 1 is 0.743 bits per heavy atom. The van der Waals surface area contributed by atoms with E-state index in [1.807, 2.05) is 90.7 Å². The number of benzene rings is 3. The molecule has 0 bridgehead atoms. The molecule has 0 unspecified atom stereocenters. The Kier molecular flexibility index (Phi) is 7.60. The van der Waals surface area contributed by atoms with Crippen molar-refractivity contribution in [1.29, 1.82) is 0 Å². The van der Waals surface area contributed by atoms with Crippen molar-refractivity contribution in [3.05, 3.63) is 101 Å². The van der Waals surface area contributed by atoms with E-state index in [4.69, 9.17) is 0 Å². The summed E-state index contributed by atoms with van der Waals surface area (Å²) in [5, 5.41) is 0. The fraction of sp³-hybridized carbons (Fsp3) is 0.276. The summed E-state index contributed by atoms with van der Waals surface area (Å²) in [4.78, 5) is 43.1. The number of amides is 3. The second kappa shape index (κ2) is 11.0. The average molecular weight is 470 g/mol. The van der Waals surface area contributed by atoms with Gasteiger partial charge in [-0.1, -0.05) is 60.2 Å². The van der Waals surface area contributed by atoms with Gasteiger partial charge in [-0.15, -0.1) is 0 Å². The third-order valence-corrected chi connectivity index (χ3v) is 6.41. The highest BCUT2D eigenvalue weighted by Crippen LogP contribution is 2.22. The third-order valence-electron chi connectivity index (χ3n) is 6.41. The van der Waals surface area contributed by atoms with Gasteiger partial charge >= 0.3 is 0 Å². The van der Waals surface area contributed by atoms with Gasteiger partial charge in [-0.3, -0.25) is 14.4 Å². The lowest BCUT2D eigenvalue weighted by Gasteiger charge is -2.34. The van der Waals surface area contributed by atoms with Crippen LogP contribution in [0.25, 0.3) is 0 Å². The Bertz CT molecular complexity index is 1170. The Balaban J connectivity index is 1.48. The zero-order valence-electron chi connectivity index (χ0n) is 20.3. The van der Waals surface area contributed by atoms with Crippen molar-refractivity contribution in [3.8, 4) is 0 Å². The highest BCUT2D eigenvalue weighted by Gasteiger charge is 2.23. The minimum absolute atomic E-state index is 0.0490. The summed E-state index contributed by atoms with van der Waals surface area (Å²) in [6.07, 6.45) is 0.297. The molecule has 180 valence electrons. The summed E-state index contributed by atoms with van der Waals surface area (Å²) in [6.45, 7) is 6.33. The molecule has 1 aliphatic heterocycles. The predicted molar refractivity (Wildman–Crippen MR) is 137 cm³/mol. The molecule has 0 saturated carbocycles. The lowest BCUT2D eigenvalue weighted by atomic mass is 10.1. The van der Waals surface area contributed by atoms with Crippen LogP contribution in [0.5, 0.6) is 0 Å². The first-order chi connectivity index (χ1) is 16.9. The molecule has 0 aliphatic carbocycles. The molecule has 0 N–H and O–H groups in total. The van der Waals surface area contributed by atoms with Crippen molar-refractivity contribution in [1.82, 2.24) is 9.80 Å². The Morgan fingerprint density at radius 2 is 1.31 bits per heavy atom. The van der Waals surface area contributed by atoms with Gasteiger partial charge in [0.05, 0.1) is 13.0 Å². The predicted octanol–water partition coefficient (Wildman–Crippen LogP) is 4.08. The number of nitrogens with zero attached hydrogens (tertiary/aromatic N) is 3. The molecule has 1 heterocycles. The second-order valence-corrected chi connectivity index (χ2v) is 8.97. The van der Waals surface area contributed by atoms with Crippen LogP contribution in [0, 0.1) is 6.92 Å². The van der Waals surface area contributed by atoms with Crippen LogP contribution in [0.1, 0.15) is 34.0 Å². The molecule has 1 saturated heterocycles. The van der Waals surface area contributed by atoms with Crippen LogP contribution in [-0.2, 0) is 22.6 Å². The molecule has 0 spiro atoms. The van der Waals surface area contributed by atoms with Gasteiger partial charge in [-0.05, 0) is 42.3 Å². The average Bonchev–Trinajstić information content (AvgIpc) is 2.89. The molecule has 3 amide bonds. The Morgan fingerprint density at radius 3 is 1.91 bits per heavy atom. The number of hydrogen-bond donors (Lipinski definition) is 0. The molecule has 1 aliphatic rings. The molecular weight excluding hydrogens is 438 g/mol. The van der Waals surface area contributed by atoms with Gasteiger partial charge in [-0.25, -0.2) is 0 Å². The maximum absolute atomic E-state index is 13.4. The quantitative estimate of drug-likeness (QED) is 0.547. The molecule has 35 heavy (non-hydrogen) atoms. The number of rotatable bonds is 6. The van der Waals surface area contributed by atoms with E-state index in [2.05, 4.69) is 0 Å². The van der Waals surface area contributed by atoms with E-state index < -0.39 is 0 Å². The molecule has 0 aromatic heterocycles. The van der Waals surface area contributed by atoms with Gasteiger partial charge in [0.15, 0.2) is 0 Å². The van der Waals surface area contributed by atoms with Gasteiger partial charge in [-0.2, -0.15) is 0 Å². The molecule has 1 fully saturated rings. The number of carbonyl (C=O) groups is 3. The smallest absolute Gasteiger partial charge is 0.258 e.